The van der Waals surface area contributed by atoms with Gasteiger partial charge in [0.1, 0.15) is 11.0 Å². The van der Waals surface area contributed by atoms with Crippen LogP contribution in [0, 0.1) is 13.8 Å². The van der Waals surface area contributed by atoms with Gasteiger partial charge in [-0.05, 0) is 44.4 Å². The molecule has 1 amide bonds. The molecule has 0 aliphatic carbocycles. The van der Waals surface area contributed by atoms with Crippen molar-refractivity contribution in [2.24, 2.45) is 0 Å². The van der Waals surface area contributed by atoms with Gasteiger partial charge in [0.15, 0.2) is 0 Å². The van der Waals surface area contributed by atoms with E-state index < -0.39 is 0 Å². The van der Waals surface area contributed by atoms with Crippen LogP contribution in [0.15, 0.2) is 18.2 Å². The first kappa shape index (κ1) is 15.4. The quantitative estimate of drug-likeness (QED) is 0.890. The highest BCUT2D eigenvalue weighted by molar-refractivity contribution is 7.15. The lowest BCUT2D eigenvalue weighted by molar-refractivity contribution is -0.116. The van der Waals surface area contributed by atoms with Crippen LogP contribution < -0.4 is 10.6 Å². The fourth-order valence-corrected chi connectivity index (χ4v) is 2.55. The molecule has 0 spiro atoms. The van der Waals surface area contributed by atoms with Crippen molar-refractivity contribution in [3.8, 4) is 0 Å². The summed E-state index contributed by atoms with van der Waals surface area (Å²) in [5, 5.41) is 15.4. The highest BCUT2D eigenvalue weighted by Crippen LogP contribution is 2.20. The predicted octanol–water partition coefficient (Wildman–Crippen LogP) is 3.16. The molecule has 0 saturated carbocycles. The minimum absolute atomic E-state index is 0.116. The van der Waals surface area contributed by atoms with Crippen molar-refractivity contribution in [1.29, 1.82) is 0 Å². The number of carbonyl (C=O) groups is 1. The number of hydrogen-bond acceptors (Lipinski definition) is 5. The largest absolute Gasteiger partial charge is 0.374 e. The van der Waals surface area contributed by atoms with Crippen LogP contribution in [0.2, 0.25) is 0 Å². The Morgan fingerprint density at radius 3 is 2.76 bits per heavy atom. The third-order valence-corrected chi connectivity index (χ3v) is 4.35. The standard InChI is InChI=1S/C15H20N4OS/c1-5-13-18-19-15(21-13)17-14(20)11(4)16-12-8-6-7-9(2)10(12)3/h6-8,11,16H,5H2,1-4H3,(H,17,19,20)/t11-/m0/s1. The van der Waals surface area contributed by atoms with E-state index in [1.165, 1.54) is 16.9 Å². The van der Waals surface area contributed by atoms with Crippen LogP contribution in [-0.4, -0.2) is 22.1 Å². The molecule has 0 radical (unpaired) electrons. The van der Waals surface area contributed by atoms with Crippen molar-refractivity contribution < 1.29 is 4.79 Å². The predicted molar refractivity (Wildman–Crippen MR) is 86.9 cm³/mol. The lowest BCUT2D eigenvalue weighted by Crippen LogP contribution is -2.32. The minimum Gasteiger partial charge on any atom is -0.374 e. The van der Waals surface area contributed by atoms with E-state index in [-0.39, 0.29) is 11.9 Å². The third-order valence-electron chi connectivity index (χ3n) is 3.37. The third kappa shape index (κ3) is 3.78. The van der Waals surface area contributed by atoms with Crippen LogP contribution >= 0.6 is 11.3 Å². The number of rotatable bonds is 5. The van der Waals surface area contributed by atoms with Crippen molar-refractivity contribution in [3.05, 3.63) is 34.3 Å². The van der Waals surface area contributed by atoms with E-state index >= 15 is 0 Å². The van der Waals surface area contributed by atoms with E-state index in [4.69, 9.17) is 0 Å². The normalized spacial score (nSPS) is 12.0. The monoisotopic (exact) mass is 304 g/mol. The molecule has 1 atom stereocenters. The second kappa shape index (κ2) is 6.67. The molecule has 5 nitrogen and oxygen atoms in total. The van der Waals surface area contributed by atoms with E-state index in [1.807, 2.05) is 32.9 Å². The number of aryl methyl sites for hydroxylation is 2. The Labute approximate surface area is 128 Å². The molecule has 6 heteroatoms. The summed E-state index contributed by atoms with van der Waals surface area (Å²) in [6.07, 6.45) is 0.823. The van der Waals surface area contributed by atoms with Gasteiger partial charge in [0, 0.05) is 5.69 Å². The zero-order chi connectivity index (χ0) is 15.4. The Balaban J connectivity index is 2.00. The van der Waals surface area contributed by atoms with Gasteiger partial charge < -0.3 is 5.32 Å². The SMILES string of the molecule is CCc1nnc(NC(=O)[C@H](C)Nc2cccc(C)c2C)s1. The number of amides is 1. The Kier molecular flexibility index (Phi) is 4.90. The van der Waals surface area contributed by atoms with Crippen LogP contribution in [-0.2, 0) is 11.2 Å². The van der Waals surface area contributed by atoms with Gasteiger partial charge in [-0.3, -0.25) is 10.1 Å². The van der Waals surface area contributed by atoms with Gasteiger partial charge in [0.2, 0.25) is 11.0 Å². The van der Waals surface area contributed by atoms with E-state index in [9.17, 15) is 4.79 Å². The summed E-state index contributed by atoms with van der Waals surface area (Å²) >= 11 is 1.41. The molecule has 0 aliphatic heterocycles. The van der Waals surface area contributed by atoms with Gasteiger partial charge >= 0.3 is 0 Å². The van der Waals surface area contributed by atoms with E-state index in [1.54, 1.807) is 0 Å². The topological polar surface area (TPSA) is 66.9 Å². The highest BCUT2D eigenvalue weighted by atomic mass is 32.1. The second-order valence-electron chi connectivity index (χ2n) is 4.96. The Bertz CT molecular complexity index is 638. The molecule has 2 N–H and O–H groups in total. The van der Waals surface area contributed by atoms with Gasteiger partial charge in [0.05, 0.1) is 0 Å². The molecule has 2 aromatic rings. The average molecular weight is 304 g/mol. The fourth-order valence-electron chi connectivity index (χ4n) is 1.87. The lowest BCUT2D eigenvalue weighted by atomic mass is 10.1. The first-order valence-corrected chi connectivity index (χ1v) is 7.79. The Morgan fingerprint density at radius 2 is 2.10 bits per heavy atom. The molecule has 0 aliphatic rings. The zero-order valence-electron chi connectivity index (χ0n) is 12.7. The van der Waals surface area contributed by atoms with E-state index in [2.05, 4.69) is 33.8 Å². The summed E-state index contributed by atoms with van der Waals surface area (Å²) in [5.74, 6) is -0.116. The molecule has 0 saturated heterocycles. The number of carbonyl (C=O) groups excluding carboxylic acids is 1. The fraction of sp³-hybridized carbons (Fsp3) is 0.400. The summed E-state index contributed by atoms with van der Waals surface area (Å²) in [5.41, 5.74) is 3.33. The number of nitrogens with one attached hydrogen (secondary N) is 2. The number of nitrogens with zero attached hydrogens (tertiary/aromatic N) is 2. The number of hydrogen-bond donors (Lipinski definition) is 2. The van der Waals surface area contributed by atoms with Crippen molar-refractivity contribution in [1.82, 2.24) is 10.2 Å². The number of aromatic nitrogens is 2. The van der Waals surface area contributed by atoms with Gasteiger partial charge in [-0.1, -0.05) is 30.4 Å². The second-order valence-corrected chi connectivity index (χ2v) is 6.02. The smallest absolute Gasteiger partial charge is 0.248 e. The molecule has 1 heterocycles. The maximum atomic E-state index is 12.2. The molecule has 0 fully saturated rings. The molecule has 1 aromatic heterocycles. The van der Waals surface area contributed by atoms with E-state index in [0.29, 0.717) is 5.13 Å². The van der Waals surface area contributed by atoms with Gasteiger partial charge in [-0.2, -0.15) is 0 Å². The number of benzene rings is 1. The molecule has 2 rings (SSSR count). The van der Waals surface area contributed by atoms with Crippen LogP contribution in [0.1, 0.15) is 30.0 Å². The minimum atomic E-state index is -0.348. The van der Waals surface area contributed by atoms with Crippen molar-refractivity contribution in [2.75, 3.05) is 10.6 Å². The summed E-state index contributed by atoms with van der Waals surface area (Å²) in [4.78, 5) is 12.2. The Morgan fingerprint density at radius 1 is 1.33 bits per heavy atom. The van der Waals surface area contributed by atoms with Gasteiger partial charge in [0.25, 0.3) is 0 Å². The zero-order valence-corrected chi connectivity index (χ0v) is 13.5. The van der Waals surface area contributed by atoms with Crippen LogP contribution in [0.3, 0.4) is 0 Å². The van der Waals surface area contributed by atoms with Crippen molar-refractivity contribution in [2.45, 2.75) is 40.2 Å². The first-order valence-electron chi connectivity index (χ1n) is 6.97. The van der Waals surface area contributed by atoms with Crippen LogP contribution in [0.25, 0.3) is 0 Å². The molecule has 112 valence electrons. The highest BCUT2D eigenvalue weighted by Gasteiger charge is 2.16. The van der Waals surface area contributed by atoms with Crippen molar-refractivity contribution in [3.63, 3.8) is 0 Å². The Hall–Kier alpha value is -1.95. The van der Waals surface area contributed by atoms with Gasteiger partial charge in [-0.15, -0.1) is 10.2 Å². The maximum absolute atomic E-state index is 12.2. The summed E-state index contributed by atoms with van der Waals surface area (Å²) < 4.78 is 0. The first-order chi connectivity index (χ1) is 10.0. The summed E-state index contributed by atoms with van der Waals surface area (Å²) in [6.45, 7) is 7.94. The van der Waals surface area contributed by atoms with Gasteiger partial charge in [-0.25, -0.2) is 0 Å². The lowest BCUT2D eigenvalue weighted by Gasteiger charge is -2.16. The average Bonchev–Trinajstić information content (AvgIpc) is 2.91. The molecule has 21 heavy (non-hydrogen) atoms. The summed E-state index contributed by atoms with van der Waals surface area (Å²) in [6, 6.07) is 5.66. The van der Waals surface area contributed by atoms with Crippen molar-refractivity contribution >= 4 is 28.1 Å². The van der Waals surface area contributed by atoms with Crippen LogP contribution in [0.5, 0.6) is 0 Å². The molecule has 0 unspecified atom stereocenters. The summed E-state index contributed by atoms with van der Waals surface area (Å²) in [7, 11) is 0. The molecular weight excluding hydrogens is 284 g/mol. The molecule has 0 bridgehead atoms. The van der Waals surface area contributed by atoms with Crippen LogP contribution in [0.4, 0.5) is 10.8 Å². The molecule has 1 aromatic carbocycles. The number of anilines is 2. The van der Waals surface area contributed by atoms with E-state index in [0.717, 1.165) is 22.7 Å². The maximum Gasteiger partial charge on any atom is 0.248 e. The molecular formula is C15H20N4OS.